The van der Waals surface area contributed by atoms with Crippen molar-refractivity contribution in [2.24, 2.45) is 0 Å². The maximum absolute atomic E-state index is 13.0. The zero-order valence-corrected chi connectivity index (χ0v) is 7.14. The standard InChI is InChI=1S/C8H5F4NO2/c9-6-2-5(13)1-4(3-14)7(6)15-8(10,11)12/h1-3H,13H2. The molecule has 0 fully saturated rings. The lowest BCUT2D eigenvalue weighted by Crippen LogP contribution is -2.19. The van der Waals surface area contributed by atoms with Gasteiger partial charge in [-0.1, -0.05) is 0 Å². The molecule has 0 aliphatic heterocycles. The van der Waals surface area contributed by atoms with Crippen molar-refractivity contribution in [2.45, 2.75) is 6.36 Å². The Morgan fingerprint density at radius 2 is 1.93 bits per heavy atom. The van der Waals surface area contributed by atoms with E-state index >= 15 is 0 Å². The SMILES string of the molecule is Nc1cc(F)c(OC(F)(F)F)c(C=O)c1. The number of halogens is 4. The maximum Gasteiger partial charge on any atom is 0.573 e. The minimum Gasteiger partial charge on any atom is -0.402 e. The zero-order valence-electron chi connectivity index (χ0n) is 7.14. The smallest absolute Gasteiger partial charge is 0.402 e. The first-order chi connectivity index (χ1) is 6.83. The first kappa shape index (κ1) is 11.3. The molecular weight excluding hydrogens is 218 g/mol. The summed E-state index contributed by atoms with van der Waals surface area (Å²) in [6.45, 7) is 0. The highest BCUT2D eigenvalue weighted by molar-refractivity contribution is 5.81. The van der Waals surface area contributed by atoms with Gasteiger partial charge in [0, 0.05) is 11.8 Å². The molecule has 0 saturated carbocycles. The van der Waals surface area contributed by atoms with Crippen LogP contribution in [-0.4, -0.2) is 12.6 Å². The van der Waals surface area contributed by atoms with E-state index < -0.39 is 23.5 Å². The Bertz CT molecular complexity index is 389. The minimum atomic E-state index is -5.06. The maximum atomic E-state index is 13.0. The van der Waals surface area contributed by atoms with Crippen molar-refractivity contribution < 1.29 is 27.1 Å². The van der Waals surface area contributed by atoms with E-state index in [2.05, 4.69) is 4.74 Å². The van der Waals surface area contributed by atoms with Gasteiger partial charge in [0.1, 0.15) is 0 Å². The largest absolute Gasteiger partial charge is 0.573 e. The number of benzene rings is 1. The molecule has 0 aliphatic rings. The molecule has 82 valence electrons. The predicted molar refractivity (Wildman–Crippen MR) is 42.9 cm³/mol. The van der Waals surface area contributed by atoms with Gasteiger partial charge in [0.05, 0.1) is 5.56 Å². The normalized spacial score (nSPS) is 11.2. The highest BCUT2D eigenvalue weighted by Gasteiger charge is 2.33. The molecular formula is C8H5F4NO2. The number of hydrogen-bond donors (Lipinski definition) is 1. The highest BCUT2D eigenvalue weighted by Crippen LogP contribution is 2.30. The quantitative estimate of drug-likeness (QED) is 0.474. The molecule has 0 atom stereocenters. The number of nitrogens with two attached hydrogens (primary N) is 1. The van der Waals surface area contributed by atoms with Crippen LogP contribution in [0.25, 0.3) is 0 Å². The van der Waals surface area contributed by atoms with Crippen molar-refractivity contribution in [2.75, 3.05) is 5.73 Å². The molecule has 1 rings (SSSR count). The van der Waals surface area contributed by atoms with Crippen LogP contribution >= 0.6 is 0 Å². The third kappa shape index (κ3) is 2.83. The lowest BCUT2D eigenvalue weighted by atomic mass is 10.2. The topological polar surface area (TPSA) is 52.3 Å². The zero-order chi connectivity index (χ0) is 11.6. The summed E-state index contributed by atoms with van der Waals surface area (Å²) in [4.78, 5) is 10.3. The van der Waals surface area contributed by atoms with Crippen molar-refractivity contribution in [3.63, 3.8) is 0 Å². The lowest BCUT2D eigenvalue weighted by Gasteiger charge is -2.11. The Balaban J connectivity index is 3.21. The fraction of sp³-hybridized carbons (Fsp3) is 0.125. The number of ether oxygens (including phenoxy) is 1. The number of hydrogen-bond acceptors (Lipinski definition) is 3. The molecule has 1 aromatic carbocycles. The fourth-order valence-corrected chi connectivity index (χ4v) is 0.947. The van der Waals surface area contributed by atoms with Crippen molar-refractivity contribution >= 4 is 12.0 Å². The molecule has 0 unspecified atom stereocenters. The second kappa shape index (κ2) is 3.76. The van der Waals surface area contributed by atoms with Crippen molar-refractivity contribution in [3.8, 4) is 5.75 Å². The Hall–Kier alpha value is -1.79. The third-order valence-electron chi connectivity index (χ3n) is 1.44. The summed E-state index contributed by atoms with van der Waals surface area (Å²) in [6.07, 6.45) is -5.03. The third-order valence-corrected chi connectivity index (χ3v) is 1.44. The second-order valence-corrected chi connectivity index (χ2v) is 2.59. The average Bonchev–Trinajstić information content (AvgIpc) is 2.07. The predicted octanol–water partition coefficient (Wildman–Crippen LogP) is 2.12. The van der Waals surface area contributed by atoms with Gasteiger partial charge in [0.15, 0.2) is 17.9 Å². The first-order valence-electron chi connectivity index (χ1n) is 3.63. The number of alkyl halides is 3. The van der Waals surface area contributed by atoms with Crippen molar-refractivity contribution in [1.29, 1.82) is 0 Å². The van der Waals surface area contributed by atoms with Gasteiger partial charge in [-0.3, -0.25) is 4.79 Å². The van der Waals surface area contributed by atoms with Gasteiger partial charge >= 0.3 is 6.36 Å². The number of aldehydes is 1. The Labute approximate surface area is 81.4 Å². The molecule has 0 aromatic heterocycles. The Kier molecular flexibility index (Phi) is 2.83. The summed E-state index contributed by atoms with van der Waals surface area (Å²) >= 11 is 0. The molecule has 0 bridgehead atoms. The van der Waals surface area contributed by atoms with Gasteiger partial charge < -0.3 is 10.5 Å². The molecule has 0 saturated heterocycles. The Morgan fingerprint density at radius 1 is 1.33 bits per heavy atom. The van der Waals surface area contributed by atoms with Crippen LogP contribution in [0.5, 0.6) is 5.75 Å². The number of carbonyl (C=O) groups excluding carboxylic acids is 1. The lowest BCUT2D eigenvalue weighted by molar-refractivity contribution is -0.275. The van der Waals surface area contributed by atoms with Crippen molar-refractivity contribution in [1.82, 2.24) is 0 Å². The van der Waals surface area contributed by atoms with Gasteiger partial charge in [0.2, 0.25) is 0 Å². The van der Waals surface area contributed by atoms with Crippen LogP contribution in [-0.2, 0) is 0 Å². The number of carbonyl (C=O) groups is 1. The number of nitrogen functional groups attached to an aromatic ring is 1. The summed E-state index contributed by atoms with van der Waals surface area (Å²) in [6, 6.07) is 1.52. The van der Waals surface area contributed by atoms with E-state index in [9.17, 15) is 22.4 Å². The van der Waals surface area contributed by atoms with Crippen LogP contribution in [0.15, 0.2) is 12.1 Å². The van der Waals surface area contributed by atoms with E-state index in [1.807, 2.05) is 0 Å². The van der Waals surface area contributed by atoms with Crippen LogP contribution in [0.2, 0.25) is 0 Å². The molecule has 0 heterocycles. The van der Waals surface area contributed by atoms with E-state index in [1.165, 1.54) is 0 Å². The van der Waals surface area contributed by atoms with E-state index in [-0.39, 0.29) is 12.0 Å². The molecule has 7 heteroatoms. The van der Waals surface area contributed by atoms with Crippen molar-refractivity contribution in [3.05, 3.63) is 23.5 Å². The van der Waals surface area contributed by atoms with Gasteiger partial charge in [-0.05, 0) is 6.07 Å². The van der Waals surface area contributed by atoms with Crippen LogP contribution in [0.1, 0.15) is 10.4 Å². The second-order valence-electron chi connectivity index (χ2n) is 2.59. The molecule has 1 aromatic rings. The van der Waals surface area contributed by atoms with Gasteiger partial charge in [0.25, 0.3) is 0 Å². The van der Waals surface area contributed by atoms with E-state index in [0.717, 1.165) is 6.07 Å². The summed E-state index contributed by atoms with van der Waals surface area (Å²) in [5.41, 5.74) is 4.38. The Morgan fingerprint density at radius 3 is 2.40 bits per heavy atom. The molecule has 0 spiro atoms. The summed E-state index contributed by atoms with van der Waals surface area (Å²) in [5.74, 6) is -2.51. The molecule has 0 aliphatic carbocycles. The number of rotatable bonds is 2. The molecule has 3 nitrogen and oxygen atoms in total. The van der Waals surface area contributed by atoms with Crippen LogP contribution in [0, 0.1) is 5.82 Å². The monoisotopic (exact) mass is 223 g/mol. The summed E-state index contributed by atoms with van der Waals surface area (Å²) < 4.78 is 51.7. The minimum absolute atomic E-state index is 0.0283. The molecule has 15 heavy (non-hydrogen) atoms. The van der Waals surface area contributed by atoms with Gasteiger partial charge in [-0.2, -0.15) is 0 Å². The average molecular weight is 223 g/mol. The first-order valence-corrected chi connectivity index (χ1v) is 3.63. The highest BCUT2D eigenvalue weighted by atomic mass is 19.4. The molecule has 0 amide bonds. The van der Waals surface area contributed by atoms with Gasteiger partial charge in [-0.25, -0.2) is 4.39 Å². The van der Waals surface area contributed by atoms with Crippen LogP contribution < -0.4 is 10.5 Å². The van der Waals surface area contributed by atoms with Gasteiger partial charge in [-0.15, -0.1) is 13.2 Å². The summed E-state index contributed by atoms with van der Waals surface area (Å²) in [7, 11) is 0. The van der Waals surface area contributed by atoms with E-state index in [4.69, 9.17) is 5.73 Å². The van der Waals surface area contributed by atoms with Crippen LogP contribution in [0.4, 0.5) is 23.2 Å². The fourth-order valence-electron chi connectivity index (χ4n) is 0.947. The molecule has 2 N–H and O–H groups in total. The summed E-state index contributed by atoms with van der Waals surface area (Å²) in [5, 5.41) is 0. The van der Waals surface area contributed by atoms with E-state index in [1.54, 1.807) is 0 Å². The number of anilines is 1. The van der Waals surface area contributed by atoms with E-state index in [0.29, 0.717) is 6.07 Å². The molecule has 0 radical (unpaired) electrons. The van der Waals surface area contributed by atoms with Crippen LogP contribution in [0.3, 0.4) is 0 Å².